The minimum atomic E-state index is -0.594. The highest BCUT2D eigenvalue weighted by Gasteiger charge is 2.15. The average Bonchev–Trinajstić information content (AvgIpc) is 2.88. The molecule has 5 heteroatoms. The number of aryl methyl sites for hydroxylation is 1. The van der Waals surface area contributed by atoms with Crippen LogP contribution in [0.2, 0.25) is 0 Å². The predicted molar refractivity (Wildman–Crippen MR) is 74.4 cm³/mol. The number of nitrogens with zero attached hydrogens (tertiary/aromatic N) is 1. The molecule has 0 spiro atoms. The zero-order valence-corrected chi connectivity index (χ0v) is 11.0. The van der Waals surface area contributed by atoms with E-state index in [1.165, 1.54) is 12.8 Å². The van der Waals surface area contributed by atoms with Crippen molar-refractivity contribution < 1.29 is 0 Å². The van der Waals surface area contributed by atoms with Crippen LogP contribution >= 0.6 is 0 Å². The molecule has 1 aromatic heterocycles. The van der Waals surface area contributed by atoms with Gasteiger partial charge in [0.15, 0.2) is 0 Å². The molecule has 1 saturated heterocycles. The quantitative estimate of drug-likeness (QED) is 0.794. The van der Waals surface area contributed by atoms with Gasteiger partial charge in [0.1, 0.15) is 0 Å². The van der Waals surface area contributed by atoms with Crippen LogP contribution < -0.4 is 11.1 Å². The summed E-state index contributed by atoms with van der Waals surface area (Å²) < 4.78 is 0. The predicted octanol–water partition coefficient (Wildman–Crippen LogP) is 1.12. The Kier molecular flexibility index (Phi) is 2.98. The fourth-order valence-corrected chi connectivity index (χ4v) is 2.72. The van der Waals surface area contributed by atoms with Crippen molar-refractivity contribution in [2.24, 2.45) is 0 Å². The Morgan fingerprint density at radius 2 is 1.79 bits per heavy atom. The van der Waals surface area contributed by atoms with Crippen molar-refractivity contribution >= 4 is 11.0 Å². The van der Waals surface area contributed by atoms with Gasteiger partial charge in [-0.3, -0.25) is 14.5 Å². The van der Waals surface area contributed by atoms with E-state index in [2.05, 4.69) is 14.9 Å². The van der Waals surface area contributed by atoms with Gasteiger partial charge in [0, 0.05) is 6.54 Å². The SMILES string of the molecule is Cc1ccc2[nH]c(=O)c(=O)[nH]c2c1CN1CCCC1. The van der Waals surface area contributed by atoms with E-state index < -0.39 is 11.1 Å². The molecule has 0 unspecified atom stereocenters. The lowest BCUT2D eigenvalue weighted by atomic mass is 10.1. The van der Waals surface area contributed by atoms with Crippen molar-refractivity contribution in [2.75, 3.05) is 13.1 Å². The maximum Gasteiger partial charge on any atom is 0.314 e. The first-order chi connectivity index (χ1) is 9.15. The van der Waals surface area contributed by atoms with Gasteiger partial charge in [-0.1, -0.05) is 6.07 Å². The van der Waals surface area contributed by atoms with Gasteiger partial charge in [0.05, 0.1) is 11.0 Å². The Morgan fingerprint density at radius 3 is 2.53 bits per heavy atom. The highest BCUT2D eigenvalue weighted by Crippen LogP contribution is 2.21. The largest absolute Gasteiger partial charge is 0.316 e. The van der Waals surface area contributed by atoms with E-state index in [0.29, 0.717) is 5.52 Å². The molecule has 0 aliphatic carbocycles. The van der Waals surface area contributed by atoms with Crippen molar-refractivity contribution in [3.8, 4) is 0 Å². The Morgan fingerprint density at radius 1 is 1.11 bits per heavy atom. The summed E-state index contributed by atoms with van der Waals surface area (Å²) in [5, 5.41) is 0. The third kappa shape index (κ3) is 2.21. The Labute approximate surface area is 110 Å². The van der Waals surface area contributed by atoms with Gasteiger partial charge in [-0.2, -0.15) is 0 Å². The molecule has 19 heavy (non-hydrogen) atoms. The molecule has 2 N–H and O–H groups in total. The molecular formula is C14H17N3O2. The molecular weight excluding hydrogens is 242 g/mol. The number of benzene rings is 1. The van der Waals surface area contributed by atoms with Gasteiger partial charge in [-0.25, -0.2) is 0 Å². The molecule has 1 fully saturated rings. The molecule has 100 valence electrons. The summed E-state index contributed by atoms with van der Waals surface area (Å²) in [5.74, 6) is 0. The van der Waals surface area contributed by atoms with Crippen molar-refractivity contribution in [1.82, 2.24) is 14.9 Å². The summed E-state index contributed by atoms with van der Waals surface area (Å²) in [5.41, 5.74) is 2.53. The lowest BCUT2D eigenvalue weighted by Gasteiger charge is -2.17. The van der Waals surface area contributed by atoms with Crippen LogP contribution in [-0.2, 0) is 6.54 Å². The minimum Gasteiger partial charge on any atom is -0.316 e. The van der Waals surface area contributed by atoms with E-state index in [0.717, 1.165) is 36.3 Å². The first-order valence-corrected chi connectivity index (χ1v) is 6.62. The molecule has 0 radical (unpaired) electrons. The average molecular weight is 259 g/mol. The monoisotopic (exact) mass is 259 g/mol. The van der Waals surface area contributed by atoms with Crippen molar-refractivity contribution in [3.05, 3.63) is 44.0 Å². The van der Waals surface area contributed by atoms with Gasteiger partial charge >= 0.3 is 11.1 Å². The smallest absolute Gasteiger partial charge is 0.314 e. The van der Waals surface area contributed by atoms with Gasteiger partial charge in [0.25, 0.3) is 0 Å². The van der Waals surface area contributed by atoms with Crippen molar-refractivity contribution in [3.63, 3.8) is 0 Å². The van der Waals surface area contributed by atoms with E-state index in [1.807, 2.05) is 19.1 Å². The second-order valence-electron chi connectivity index (χ2n) is 5.18. The second-order valence-corrected chi connectivity index (χ2v) is 5.18. The molecule has 0 saturated carbocycles. The number of fused-ring (bicyclic) bond motifs is 1. The molecule has 0 atom stereocenters. The standard InChI is InChI=1S/C14H17N3O2/c1-9-4-5-11-12(16-14(19)13(18)15-11)10(9)8-17-6-2-3-7-17/h4-5H,2-3,6-8H2,1H3,(H,15,18)(H,16,19). The van der Waals surface area contributed by atoms with E-state index in [9.17, 15) is 9.59 Å². The van der Waals surface area contributed by atoms with E-state index in [1.54, 1.807) is 0 Å². The van der Waals surface area contributed by atoms with Gasteiger partial charge in [-0.05, 0) is 50.0 Å². The Balaban J connectivity index is 2.15. The lowest BCUT2D eigenvalue weighted by molar-refractivity contribution is 0.332. The molecule has 1 aliphatic heterocycles. The van der Waals surface area contributed by atoms with Crippen LogP contribution in [0, 0.1) is 6.92 Å². The maximum absolute atomic E-state index is 11.5. The van der Waals surface area contributed by atoms with Crippen LogP contribution in [0.1, 0.15) is 24.0 Å². The summed E-state index contributed by atoms with van der Waals surface area (Å²) in [6.45, 7) is 5.06. The number of H-pyrrole nitrogens is 2. The first-order valence-electron chi connectivity index (χ1n) is 6.62. The molecule has 2 aromatic rings. The molecule has 5 nitrogen and oxygen atoms in total. The summed E-state index contributed by atoms with van der Waals surface area (Å²) >= 11 is 0. The van der Waals surface area contributed by atoms with Crippen molar-refractivity contribution in [2.45, 2.75) is 26.3 Å². The van der Waals surface area contributed by atoms with Gasteiger partial charge < -0.3 is 9.97 Å². The zero-order chi connectivity index (χ0) is 13.4. The second kappa shape index (κ2) is 4.66. The molecule has 3 rings (SSSR count). The third-order valence-electron chi connectivity index (χ3n) is 3.82. The minimum absolute atomic E-state index is 0.583. The van der Waals surface area contributed by atoms with Crippen LogP contribution in [0.25, 0.3) is 11.0 Å². The fourth-order valence-electron chi connectivity index (χ4n) is 2.72. The van der Waals surface area contributed by atoms with Crippen LogP contribution in [0.15, 0.2) is 21.7 Å². The molecule has 2 heterocycles. The molecule has 0 bridgehead atoms. The van der Waals surface area contributed by atoms with Gasteiger partial charge in [-0.15, -0.1) is 0 Å². The normalized spacial score (nSPS) is 16.3. The van der Waals surface area contributed by atoms with Crippen molar-refractivity contribution in [1.29, 1.82) is 0 Å². The van der Waals surface area contributed by atoms with Crippen LogP contribution in [-0.4, -0.2) is 28.0 Å². The third-order valence-corrected chi connectivity index (χ3v) is 3.82. The van der Waals surface area contributed by atoms with Gasteiger partial charge in [0.2, 0.25) is 0 Å². The fraction of sp³-hybridized carbons (Fsp3) is 0.429. The van der Waals surface area contributed by atoms with Crippen LogP contribution in [0.4, 0.5) is 0 Å². The maximum atomic E-state index is 11.5. The number of rotatable bonds is 2. The highest BCUT2D eigenvalue weighted by atomic mass is 16.2. The first kappa shape index (κ1) is 12.2. The number of aromatic nitrogens is 2. The molecule has 0 amide bonds. The zero-order valence-electron chi connectivity index (χ0n) is 11.0. The Hall–Kier alpha value is -1.88. The topological polar surface area (TPSA) is 69.0 Å². The number of nitrogens with one attached hydrogen (secondary N) is 2. The van der Waals surface area contributed by atoms with E-state index in [4.69, 9.17) is 0 Å². The summed E-state index contributed by atoms with van der Waals surface area (Å²) in [6, 6.07) is 3.83. The number of hydrogen-bond donors (Lipinski definition) is 2. The van der Waals surface area contributed by atoms with Crippen LogP contribution in [0.3, 0.4) is 0 Å². The van der Waals surface area contributed by atoms with E-state index >= 15 is 0 Å². The highest BCUT2D eigenvalue weighted by molar-refractivity contribution is 5.78. The van der Waals surface area contributed by atoms with E-state index in [-0.39, 0.29) is 0 Å². The summed E-state index contributed by atoms with van der Waals surface area (Å²) in [6.07, 6.45) is 2.47. The Bertz CT molecular complexity index is 724. The number of aromatic amines is 2. The summed E-state index contributed by atoms with van der Waals surface area (Å²) in [7, 11) is 0. The summed E-state index contributed by atoms with van der Waals surface area (Å²) in [4.78, 5) is 30.6. The lowest BCUT2D eigenvalue weighted by Crippen LogP contribution is -2.30. The number of likely N-dealkylation sites (tertiary alicyclic amines) is 1. The van der Waals surface area contributed by atoms with Crippen LogP contribution in [0.5, 0.6) is 0 Å². The number of hydrogen-bond acceptors (Lipinski definition) is 3. The molecule has 1 aliphatic rings. The molecule has 1 aromatic carbocycles.